The summed E-state index contributed by atoms with van der Waals surface area (Å²) in [5, 5.41) is 6.51. The normalized spacial score (nSPS) is 10.2. The fourth-order valence-electron chi connectivity index (χ4n) is 1.45. The van der Waals surface area contributed by atoms with Crippen molar-refractivity contribution in [2.24, 2.45) is 0 Å². The van der Waals surface area contributed by atoms with E-state index in [-0.39, 0.29) is 10.3 Å². The van der Waals surface area contributed by atoms with Crippen LogP contribution in [0.25, 0.3) is 0 Å². The van der Waals surface area contributed by atoms with E-state index in [2.05, 4.69) is 15.2 Å². The standard InChI is InChI=1S/C11H11N3OS/c15-10-9(13-14-11(16)12-10)7-6-8-4-2-1-3-5-8/h1-5H,6-7H2,(H2,12,14,15,16). The van der Waals surface area contributed by atoms with Gasteiger partial charge in [0.1, 0.15) is 5.69 Å². The zero-order valence-corrected chi connectivity index (χ0v) is 9.38. The third-order valence-corrected chi connectivity index (χ3v) is 2.47. The van der Waals surface area contributed by atoms with Crippen LogP contribution in [0.5, 0.6) is 0 Å². The molecule has 0 spiro atoms. The number of nitrogens with one attached hydrogen (secondary N) is 2. The van der Waals surface area contributed by atoms with Crippen LogP contribution in [0.15, 0.2) is 35.1 Å². The fourth-order valence-corrected chi connectivity index (χ4v) is 1.59. The zero-order chi connectivity index (χ0) is 11.4. The van der Waals surface area contributed by atoms with Crippen molar-refractivity contribution in [1.29, 1.82) is 0 Å². The summed E-state index contributed by atoms with van der Waals surface area (Å²) in [5.74, 6) is 0. The van der Waals surface area contributed by atoms with E-state index >= 15 is 0 Å². The maximum atomic E-state index is 11.5. The minimum absolute atomic E-state index is 0.209. The number of hydrogen-bond acceptors (Lipinski definition) is 3. The van der Waals surface area contributed by atoms with Gasteiger partial charge in [-0.3, -0.25) is 14.9 Å². The van der Waals surface area contributed by atoms with E-state index in [9.17, 15) is 4.79 Å². The van der Waals surface area contributed by atoms with Crippen molar-refractivity contribution < 1.29 is 0 Å². The third-order valence-electron chi connectivity index (χ3n) is 2.27. The van der Waals surface area contributed by atoms with E-state index in [0.717, 1.165) is 6.42 Å². The molecule has 82 valence electrons. The highest BCUT2D eigenvalue weighted by Gasteiger charge is 2.01. The van der Waals surface area contributed by atoms with Gasteiger partial charge in [0.05, 0.1) is 0 Å². The second-order valence-corrected chi connectivity index (χ2v) is 3.85. The zero-order valence-electron chi connectivity index (χ0n) is 8.56. The van der Waals surface area contributed by atoms with Crippen LogP contribution in [0.1, 0.15) is 11.3 Å². The monoisotopic (exact) mass is 233 g/mol. The molecule has 0 bridgehead atoms. The number of nitrogens with zero attached hydrogens (tertiary/aromatic N) is 1. The molecule has 1 heterocycles. The first-order valence-electron chi connectivity index (χ1n) is 4.97. The molecule has 0 unspecified atom stereocenters. The molecule has 1 aromatic heterocycles. The van der Waals surface area contributed by atoms with Crippen LogP contribution in [0, 0.1) is 4.77 Å². The third kappa shape index (κ3) is 2.64. The molecule has 16 heavy (non-hydrogen) atoms. The van der Waals surface area contributed by atoms with Crippen molar-refractivity contribution in [2.75, 3.05) is 0 Å². The molecule has 0 fully saturated rings. The molecule has 5 heteroatoms. The molecular formula is C11H11N3OS. The summed E-state index contributed by atoms with van der Waals surface area (Å²) in [6.45, 7) is 0. The minimum Gasteiger partial charge on any atom is -0.296 e. The maximum Gasteiger partial charge on any atom is 0.273 e. The minimum atomic E-state index is -0.209. The Bertz CT molecular complexity index is 574. The predicted molar refractivity (Wildman–Crippen MR) is 63.9 cm³/mol. The molecule has 0 amide bonds. The molecule has 0 atom stereocenters. The van der Waals surface area contributed by atoms with Crippen LogP contribution >= 0.6 is 12.2 Å². The first-order chi connectivity index (χ1) is 7.75. The van der Waals surface area contributed by atoms with Gasteiger partial charge in [-0.2, -0.15) is 5.10 Å². The molecule has 0 radical (unpaired) electrons. The lowest BCUT2D eigenvalue weighted by molar-refractivity contribution is 0.803. The van der Waals surface area contributed by atoms with E-state index < -0.39 is 0 Å². The van der Waals surface area contributed by atoms with Gasteiger partial charge in [0.2, 0.25) is 0 Å². The molecule has 0 aliphatic rings. The second kappa shape index (κ2) is 4.85. The van der Waals surface area contributed by atoms with Gasteiger partial charge >= 0.3 is 0 Å². The number of H-pyrrole nitrogens is 2. The van der Waals surface area contributed by atoms with Gasteiger partial charge < -0.3 is 0 Å². The largest absolute Gasteiger partial charge is 0.296 e. The van der Waals surface area contributed by atoms with Crippen molar-refractivity contribution in [3.05, 3.63) is 56.7 Å². The molecule has 1 aromatic carbocycles. The Hall–Kier alpha value is -1.75. The van der Waals surface area contributed by atoms with E-state index in [4.69, 9.17) is 12.2 Å². The number of aryl methyl sites for hydroxylation is 2. The topological polar surface area (TPSA) is 61.5 Å². The SMILES string of the molecule is O=c1[nH]c(=S)[nH]nc1CCc1ccccc1. The molecule has 0 saturated carbocycles. The van der Waals surface area contributed by atoms with E-state index in [1.165, 1.54) is 5.56 Å². The average molecular weight is 233 g/mol. The van der Waals surface area contributed by atoms with Gasteiger partial charge in [-0.25, -0.2) is 0 Å². The first-order valence-corrected chi connectivity index (χ1v) is 5.38. The van der Waals surface area contributed by atoms with Crippen LogP contribution in [0.3, 0.4) is 0 Å². The molecule has 2 rings (SSSR count). The van der Waals surface area contributed by atoms with Gasteiger partial charge in [-0.1, -0.05) is 30.3 Å². The molecule has 0 saturated heterocycles. The molecule has 0 aliphatic carbocycles. The van der Waals surface area contributed by atoms with Crippen LogP contribution in [0.2, 0.25) is 0 Å². The van der Waals surface area contributed by atoms with Crippen molar-refractivity contribution >= 4 is 12.2 Å². The van der Waals surface area contributed by atoms with Crippen molar-refractivity contribution in [2.45, 2.75) is 12.8 Å². The van der Waals surface area contributed by atoms with Crippen LogP contribution < -0.4 is 5.56 Å². The highest BCUT2D eigenvalue weighted by atomic mass is 32.1. The summed E-state index contributed by atoms with van der Waals surface area (Å²) in [6, 6.07) is 9.98. The Morgan fingerprint density at radius 1 is 1.19 bits per heavy atom. The van der Waals surface area contributed by atoms with Crippen molar-refractivity contribution in [3.63, 3.8) is 0 Å². The van der Waals surface area contributed by atoms with Gasteiger partial charge in [0.25, 0.3) is 5.56 Å². The number of hydrogen-bond donors (Lipinski definition) is 2. The van der Waals surface area contributed by atoms with Gasteiger partial charge in [0, 0.05) is 6.42 Å². The van der Waals surface area contributed by atoms with Gasteiger partial charge in [-0.05, 0) is 24.2 Å². The maximum absolute atomic E-state index is 11.5. The Morgan fingerprint density at radius 2 is 1.94 bits per heavy atom. The van der Waals surface area contributed by atoms with Gasteiger partial charge in [0.15, 0.2) is 4.77 Å². The summed E-state index contributed by atoms with van der Waals surface area (Å²) in [5.41, 5.74) is 1.46. The smallest absolute Gasteiger partial charge is 0.273 e. The van der Waals surface area contributed by atoms with Crippen molar-refractivity contribution in [3.8, 4) is 0 Å². The van der Waals surface area contributed by atoms with Crippen LogP contribution in [0.4, 0.5) is 0 Å². The second-order valence-electron chi connectivity index (χ2n) is 3.44. The van der Waals surface area contributed by atoms with E-state index in [1.807, 2.05) is 30.3 Å². The lowest BCUT2D eigenvalue weighted by Gasteiger charge is -1.99. The number of aromatic amines is 2. The quantitative estimate of drug-likeness (QED) is 0.792. The summed E-state index contributed by atoms with van der Waals surface area (Å²) < 4.78 is 0.258. The van der Waals surface area contributed by atoms with E-state index in [0.29, 0.717) is 12.1 Å². The summed E-state index contributed by atoms with van der Waals surface area (Å²) >= 11 is 4.76. The molecule has 2 N–H and O–H groups in total. The summed E-state index contributed by atoms with van der Waals surface area (Å²) in [6.07, 6.45) is 1.40. The van der Waals surface area contributed by atoms with Gasteiger partial charge in [-0.15, -0.1) is 0 Å². The summed E-state index contributed by atoms with van der Waals surface area (Å²) in [7, 11) is 0. The average Bonchev–Trinajstić information content (AvgIpc) is 2.29. The Balaban J connectivity index is 2.11. The van der Waals surface area contributed by atoms with Crippen LogP contribution in [-0.2, 0) is 12.8 Å². The molecule has 2 aromatic rings. The molecular weight excluding hydrogens is 222 g/mol. The number of rotatable bonds is 3. The Morgan fingerprint density at radius 3 is 2.62 bits per heavy atom. The van der Waals surface area contributed by atoms with Crippen LogP contribution in [-0.4, -0.2) is 15.2 Å². The first kappa shape index (κ1) is 10.8. The highest BCUT2D eigenvalue weighted by molar-refractivity contribution is 7.71. The Kier molecular flexibility index (Phi) is 3.26. The predicted octanol–water partition coefficient (Wildman–Crippen LogP) is 1.61. The fraction of sp³-hybridized carbons (Fsp3) is 0.182. The number of benzene rings is 1. The highest BCUT2D eigenvalue weighted by Crippen LogP contribution is 2.01. The molecule has 4 nitrogen and oxygen atoms in total. The van der Waals surface area contributed by atoms with Crippen molar-refractivity contribution in [1.82, 2.24) is 15.2 Å². The Labute approximate surface area is 97.4 Å². The molecule has 0 aliphatic heterocycles. The lowest BCUT2D eigenvalue weighted by Crippen LogP contribution is -2.17. The number of aromatic nitrogens is 3. The van der Waals surface area contributed by atoms with E-state index in [1.54, 1.807) is 0 Å². The lowest BCUT2D eigenvalue weighted by atomic mass is 10.1. The summed E-state index contributed by atoms with van der Waals surface area (Å²) in [4.78, 5) is 14.0.